The normalized spacial score (nSPS) is 13.8. The number of sulfonamides is 1. The van der Waals surface area contributed by atoms with Gasteiger partial charge in [-0.3, -0.25) is 0 Å². The smallest absolute Gasteiger partial charge is 0.211 e. The highest BCUT2D eigenvalue weighted by atomic mass is 35.5. The van der Waals surface area contributed by atoms with E-state index in [1.807, 2.05) is 36.4 Å². The van der Waals surface area contributed by atoms with Crippen LogP contribution in [-0.4, -0.2) is 15.0 Å². The van der Waals surface area contributed by atoms with Crippen molar-refractivity contribution < 1.29 is 8.42 Å². The second kappa shape index (κ2) is 9.90. The van der Waals surface area contributed by atoms with E-state index in [0.29, 0.717) is 15.1 Å². The standard InChI is InChI=1S/C22H19Cl4NO2S/c1-14(15-2-6-17(23)7-3-15)20(16-4-8-18(24)9-5-16)13-27-30(28,29)19-10-11-21(25)22(26)12-19/h2-12,14,20,27H,13H2,1H3. The Hall–Kier alpha value is -1.27. The molecule has 1 N–H and O–H groups in total. The summed E-state index contributed by atoms with van der Waals surface area (Å²) in [7, 11) is -3.77. The van der Waals surface area contributed by atoms with E-state index in [9.17, 15) is 8.42 Å². The fraction of sp³-hybridized carbons (Fsp3) is 0.182. The Balaban J connectivity index is 1.89. The van der Waals surface area contributed by atoms with Crippen molar-refractivity contribution in [3.05, 3.63) is 97.9 Å². The van der Waals surface area contributed by atoms with Gasteiger partial charge in [0.05, 0.1) is 14.9 Å². The zero-order chi connectivity index (χ0) is 21.9. The minimum Gasteiger partial charge on any atom is -0.211 e. The largest absolute Gasteiger partial charge is 0.240 e. The van der Waals surface area contributed by atoms with Crippen LogP contribution in [0.3, 0.4) is 0 Å². The average molecular weight is 503 g/mol. The molecular formula is C22H19Cl4NO2S. The van der Waals surface area contributed by atoms with Crippen LogP contribution >= 0.6 is 46.4 Å². The minimum absolute atomic E-state index is 0.0138. The van der Waals surface area contributed by atoms with Crippen molar-refractivity contribution in [2.45, 2.75) is 23.7 Å². The van der Waals surface area contributed by atoms with Gasteiger partial charge in [-0.05, 0) is 59.5 Å². The van der Waals surface area contributed by atoms with Crippen molar-refractivity contribution in [1.82, 2.24) is 4.72 Å². The molecule has 0 spiro atoms. The molecule has 0 radical (unpaired) electrons. The quantitative estimate of drug-likeness (QED) is 0.372. The van der Waals surface area contributed by atoms with E-state index in [1.165, 1.54) is 18.2 Å². The van der Waals surface area contributed by atoms with Gasteiger partial charge in [0.1, 0.15) is 0 Å². The lowest BCUT2D eigenvalue weighted by atomic mass is 9.83. The maximum Gasteiger partial charge on any atom is 0.240 e. The fourth-order valence-electron chi connectivity index (χ4n) is 3.22. The summed E-state index contributed by atoms with van der Waals surface area (Å²) >= 11 is 23.9. The number of halogens is 4. The summed E-state index contributed by atoms with van der Waals surface area (Å²) in [4.78, 5) is 0.0610. The van der Waals surface area contributed by atoms with Crippen molar-refractivity contribution in [2.75, 3.05) is 6.54 Å². The van der Waals surface area contributed by atoms with E-state index in [2.05, 4.69) is 11.6 Å². The SMILES string of the molecule is CC(c1ccc(Cl)cc1)C(CNS(=O)(=O)c1ccc(Cl)c(Cl)c1)c1ccc(Cl)cc1. The second-order valence-electron chi connectivity index (χ2n) is 6.93. The van der Waals surface area contributed by atoms with Gasteiger partial charge in [0.15, 0.2) is 0 Å². The third-order valence-corrected chi connectivity index (χ3v) is 7.66. The molecule has 3 aromatic carbocycles. The van der Waals surface area contributed by atoms with Gasteiger partial charge in [-0.1, -0.05) is 77.6 Å². The summed E-state index contributed by atoms with van der Waals surface area (Å²) < 4.78 is 28.4. The Morgan fingerprint density at radius 2 is 1.30 bits per heavy atom. The van der Waals surface area contributed by atoms with Crippen molar-refractivity contribution >= 4 is 56.4 Å². The molecule has 0 saturated carbocycles. The highest BCUT2D eigenvalue weighted by molar-refractivity contribution is 7.89. The van der Waals surface area contributed by atoms with Crippen molar-refractivity contribution in [2.24, 2.45) is 0 Å². The van der Waals surface area contributed by atoms with E-state index in [0.717, 1.165) is 11.1 Å². The molecule has 0 aliphatic rings. The van der Waals surface area contributed by atoms with Crippen LogP contribution in [0.15, 0.2) is 71.6 Å². The Bertz CT molecular complexity index is 1120. The third-order valence-electron chi connectivity index (χ3n) is 4.99. The van der Waals surface area contributed by atoms with Gasteiger partial charge in [-0.15, -0.1) is 0 Å². The van der Waals surface area contributed by atoms with Crippen LogP contribution in [0.1, 0.15) is 29.9 Å². The maximum absolute atomic E-state index is 12.8. The maximum atomic E-state index is 12.8. The number of nitrogens with one attached hydrogen (secondary N) is 1. The van der Waals surface area contributed by atoms with Crippen LogP contribution in [0.4, 0.5) is 0 Å². The molecule has 0 aliphatic carbocycles. The van der Waals surface area contributed by atoms with E-state index in [-0.39, 0.29) is 28.3 Å². The third kappa shape index (κ3) is 5.70. The van der Waals surface area contributed by atoms with Crippen LogP contribution in [0.5, 0.6) is 0 Å². The fourth-order valence-corrected chi connectivity index (χ4v) is 4.92. The summed E-state index contributed by atoms with van der Waals surface area (Å²) in [6.45, 7) is 2.24. The summed E-state index contributed by atoms with van der Waals surface area (Å²) in [6, 6.07) is 19.2. The predicted octanol–water partition coefficient (Wildman–Crippen LogP) is 7.17. The van der Waals surface area contributed by atoms with Crippen LogP contribution in [0, 0.1) is 0 Å². The number of benzene rings is 3. The monoisotopic (exact) mass is 501 g/mol. The highest BCUT2D eigenvalue weighted by Crippen LogP contribution is 2.34. The van der Waals surface area contributed by atoms with E-state index in [4.69, 9.17) is 46.4 Å². The summed E-state index contributed by atoms with van der Waals surface area (Å²) in [6.07, 6.45) is 0. The first-order valence-corrected chi connectivity index (χ1v) is 12.1. The molecule has 2 unspecified atom stereocenters. The molecule has 0 aliphatic heterocycles. The van der Waals surface area contributed by atoms with Crippen molar-refractivity contribution in [1.29, 1.82) is 0 Å². The Morgan fingerprint density at radius 1 is 0.767 bits per heavy atom. The molecule has 3 nitrogen and oxygen atoms in total. The first-order valence-electron chi connectivity index (χ1n) is 9.13. The lowest BCUT2D eigenvalue weighted by Crippen LogP contribution is -2.30. The molecule has 0 saturated heterocycles. The van der Waals surface area contributed by atoms with Crippen LogP contribution in [-0.2, 0) is 10.0 Å². The number of hydrogen-bond acceptors (Lipinski definition) is 2. The number of hydrogen-bond donors (Lipinski definition) is 1. The van der Waals surface area contributed by atoms with Crippen LogP contribution < -0.4 is 4.72 Å². The molecule has 0 heterocycles. The lowest BCUT2D eigenvalue weighted by molar-refractivity contribution is 0.539. The van der Waals surface area contributed by atoms with Gasteiger partial charge in [-0.25, -0.2) is 13.1 Å². The zero-order valence-corrected chi connectivity index (χ0v) is 19.8. The topological polar surface area (TPSA) is 46.2 Å². The molecule has 158 valence electrons. The van der Waals surface area contributed by atoms with Gasteiger partial charge in [-0.2, -0.15) is 0 Å². The lowest BCUT2D eigenvalue weighted by Gasteiger charge is -2.25. The van der Waals surface area contributed by atoms with Crippen molar-refractivity contribution in [3.8, 4) is 0 Å². The Labute approximate surface area is 197 Å². The molecule has 30 heavy (non-hydrogen) atoms. The molecular weight excluding hydrogens is 484 g/mol. The Kier molecular flexibility index (Phi) is 7.72. The molecule has 3 rings (SSSR count). The van der Waals surface area contributed by atoms with Gasteiger partial charge >= 0.3 is 0 Å². The van der Waals surface area contributed by atoms with E-state index >= 15 is 0 Å². The highest BCUT2D eigenvalue weighted by Gasteiger charge is 2.24. The Morgan fingerprint density at radius 3 is 1.83 bits per heavy atom. The predicted molar refractivity (Wildman–Crippen MR) is 126 cm³/mol. The van der Waals surface area contributed by atoms with Gasteiger partial charge < -0.3 is 0 Å². The van der Waals surface area contributed by atoms with Crippen molar-refractivity contribution in [3.63, 3.8) is 0 Å². The molecule has 0 aromatic heterocycles. The molecule has 8 heteroatoms. The minimum atomic E-state index is -3.77. The molecule has 0 bridgehead atoms. The second-order valence-corrected chi connectivity index (χ2v) is 10.4. The number of rotatable bonds is 7. The molecule has 2 atom stereocenters. The average Bonchev–Trinajstić information content (AvgIpc) is 2.71. The van der Waals surface area contributed by atoms with Gasteiger partial charge in [0, 0.05) is 22.5 Å². The van der Waals surface area contributed by atoms with Gasteiger partial charge in [0.2, 0.25) is 10.0 Å². The van der Waals surface area contributed by atoms with Gasteiger partial charge in [0.25, 0.3) is 0 Å². The summed E-state index contributed by atoms with van der Waals surface area (Å²) in [5.41, 5.74) is 2.02. The molecule has 0 amide bonds. The van der Waals surface area contributed by atoms with E-state index < -0.39 is 10.0 Å². The first kappa shape index (κ1) is 23.4. The molecule has 3 aromatic rings. The summed E-state index contributed by atoms with van der Waals surface area (Å²) in [5.74, 6) is -0.124. The van der Waals surface area contributed by atoms with Crippen LogP contribution in [0.25, 0.3) is 0 Å². The first-order chi connectivity index (χ1) is 14.2. The van der Waals surface area contributed by atoms with E-state index in [1.54, 1.807) is 12.1 Å². The summed E-state index contributed by atoms with van der Waals surface area (Å²) in [5, 5.41) is 1.75. The zero-order valence-electron chi connectivity index (χ0n) is 15.9. The molecule has 0 fully saturated rings. The van der Waals surface area contributed by atoms with Crippen LogP contribution in [0.2, 0.25) is 20.1 Å².